The molecule has 0 saturated carbocycles. The second-order valence-corrected chi connectivity index (χ2v) is 6.40. The maximum absolute atomic E-state index is 12.2. The van der Waals surface area contributed by atoms with Gasteiger partial charge in [0.2, 0.25) is 0 Å². The lowest BCUT2D eigenvalue weighted by molar-refractivity contribution is 0.0944. The third-order valence-electron chi connectivity index (χ3n) is 3.24. The number of aromatic nitrogens is 1. The summed E-state index contributed by atoms with van der Waals surface area (Å²) in [7, 11) is 0. The summed E-state index contributed by atoms with van der Waals surface area (Å²) in [6, 6.07) is 3.47. The Morgan fingerprint density at radius 2 is 2.19 bits per heavy atom. The van der Waals surface area contributed by atoms with Gasteiger partial charge in [0, 0.05) is 44.2 Å². The third kappa shape index (κ3) is 5.05. The molecule has 0 aliphatic carbocycles. The van der Waals surface area contributed by atoms with E-state index in [-0.39, 0.29) is 11.6 Å². The van der Waals surface area contributed by atoms with E-state index in [1.165, 1.54) is 11.5 Å². The molecule has 1 aromatic heterocycles. The molecule has 7 heteroatoms. The van der Waals surface area contributed by atoms with Gasteiger partial charge in [-0.05, 0) is 19.1 Å². The van der Waals surface area contributed by atoms with E-state index in [0.717, 1.165) is 26.2 Å². The first-order valence-electron chi connectivity index (χ1n) is 7.19. The van der Waals surface area contributed by atoms with Crippen molar-refractivity contribution in [1.29, 1.82) is 0 Å². The van der Waals surface area contributed by atoms with Crippen molar-refractivity contribution in [2.75, 3.05) is 49.5 Å². The Morgan fingerprint density at radius 3 is 2.90 bits per heavy atom. The van der Waals surface area contributed by atoms with Crippen LogP contribution in [0.3, 0.4) is 0 Å². The fourth-order valence-electron chi connectivity index (χ4n) is 2.12. The van der Waals surface area contributed by atoms with Crippen LogP contribution in [0.1, 0.15) is 17.4 Å². The standard InChI is InChI=1S/C14H21ClN4OS/c1-2-16-12-4-3-11(15)13(18-12)14(20)17-5-6-19-7-9-21-10-8-19/h3-4H,2,5-10H2,1H3,(H,16,18)(H,17,20). The van der Waals surface area contributed by atoms with Crippen LogP contribution in [0.2, 0.25) is 5.02 Å². The molecule has 0 bridgehead atoms. The first-order chi connectivity index (χ1) is 10.2. The molecule has 1 aromatic rings. The largest absolute Gasteiger partial charge is 0.370 e. The number of nitrogens with zero attached hydrogens (tertiary/aromatic N) is 2. The Balaban J connectivity index is 1.85. The number of carbonyl (C=O) groups is 1. The predicted molar refractivity (Wildman–Crippen MR) is 89.5 cm³/mol. The van der Waals surface area contributed by atoms with E-state index in [2.05, 4.69) is 20.5 Å². The quantitative estimate of drug-likeness (QED) is 0.836. The average molecular weight is 329 g/mol. The number of anilines is 1. The number of hydrogen-bond donors (Lipinski definition) is 2. The van der Waals surface area contributed by atoms with Gasteiger partial charge in [-0.15, -0.1) is 0 Å². The number of pyridine rings is 1. The zero-order valence-electron chi connectivity index (χ0n) is 12.2. The van der Waals surface area contributed by atoms with Gasteiger partial charge >= 0.3 is 0 Å². The summed E-state index contributed by atoms with van der Waals surface area (Å²) in [6.45, 7) is 6.41. The monoisotopic (exact) mass is 328 g/mol. The molecule has 0 radical (unpaired) electrons. The number of rotatable bonds is 6. The Hall–Kier alpha value is -0.980. The van der Waals surface area contributed by atoms with E-state index in [4.69, 9.17) is 11.6 Å². The first kappa shape index (κ1) is 16.4. The van der Waals surface area contributed by atoms with E-state index in [9.17, 15) is 4.79 Å². The van der Waals surface area contributed by atoms with Gasteiger partial charge in [0.05, 0.1) is 5.02 Å². The summed E-state index contributed by atoms with van der Waals surface area (Å²) in [5, 5.41) is 6.35. The Morgan fingerprint density at radius 1 is 1.43 bits per heavy atom. The minimum Gasteiger partial charge on any atom is -0.370 e. The summed E-state index contributed by atoms with van der Waals surface area (Å²) >= 11 is 8.03. The van der Waals surface area contributed by atoms with Crippen molar-refractivity contribution < 1.29 is 4.79 Å². The minimum absolute atomic E-state index is 0.217. The van der Waals surface area contributed by atoms with Gasteiger partial charge in [-0.3, -0.25) is 9.69 Å². The maximum atomic E-state index is 12.2. The Kier molecular flexibility index (Phi) is 6.60. The van der Waals surface area contributed by atoms with Gasteiger partial charge in [0.1, 0.15) is 11.5 Å². The van der Waals surface area contributed by atoms with Crippen LogP contribution in [0.5, 0.6) is 0 Å². The summed E-state index contributed by atoms with van der Waals surface area (Å²) in [5.74, 6) is 2.80. The second kappa shape index (κ2) is 8.46. The van der Waals surface area contributed by atoms with Crippen LogP contribution in [0.4, 0.5) is 5.82 Å². The molecular formula is C14H21ClN4OS. The molecule has 0 spiro atoms. The summed E-state index contributed by atoms with van der Waals surface area (Å²) in [6.07, 6.45) is 0. The molecule has 0 atom stereocenters. The molecule has 1 fully saturated rings. The highest BCUT2D eigenvalue weighted by atomic mass is 35.5. The van der Waals surface area contributed by atoms with Gasteiger partial charge in [-0.1, -0.05) is 11.6 Å². The zero-order valence-corrected chi connectivity index (χ0v) is 13.8. The zero-order chi connectivity index (χ0) is 15.1. The molecule has 5 nitrogen and oxygen atoms in total. The normalized spacial score (nSPS) is 15.7. The van der Waals surface area contributed by atoms with E-state index in [1.807, 2.05) is 18.7 Å². The van der Waals surface area contributed by atoms with Crippen molar-refractivity contribution in [3.8, 4) is 0 Å². The molecular weight excluding hydrogens is 308 g/mol. The van der Waals surface area contributed by atoms with Gasteiger partial charge < -0.3 is 10.6 Å². The Labute approximate surface area is 134 Å². The van der Waals surface area contributed by atoms with Crippen molar-refractivity contribution in [3.05, 3.63) is 22.8 Å². The van der Waals surface area contributed by atoms with Gasteiger partial charge in [-0.25, -0.2) is 4.98 Å². The van der Waals surface area contributed by atoms with E-state index < -0.39 is 0 Å². The number of amides is 1. The van der Waals surface area contributed by atoms with Crippen LogP contribution in [-0.2, 0) is 0 Å². The molecule has 21 heavy (non-hydrogen) atoms. The smallest absolute Gasteiger partial charge is 0.271 e. The molecule has 0 unspecified atom stereocenters. The van der Waals surface area contributed by atoms with Crippen molar-refractivity contribution in [2.45, 2.75) is 6.92 Å². The van der Waals surface area contributed by atoms with Crippen molar-refractivity contribution in [1.82, 2.24) is 15.2 Å². The van der Waals surface area contributed by atoms with Crippen LogP contribution in [0, 0.1) is 0 Å². The van der Waals surface area contributed by atoms with Crippen LogP contribution in [0.15, 0.2) is 12.1 Å². The lowest BCUT2D eigenvalue weighted by Gasteiger charge is -2.25. The first-order valence-corrected chi connectivity index (χ1v) is 8.72. The number of thioether (sulfide) groups is 1. The van der Waals surface area contributed by atoms with E-state index in [0.29, 0.717) is 17.4 Å². The molecule has 2 heterocycles. The van der Waals surface area contributed by atoms with E-state index >= 15 is 0 Å². The topological polar surface area (TPSA) is 57.3 Å². The number of carbonyl (C=O) groups excluding carboxylic acids is 1. The lowest BCUT2D eigenvalue weighted by atomic mass is 10.3. The summed E-state index contributed by atoms with van der Waals surface area (Å²) in [4.78, 5) is 18.8. The van der Waals surface area contributed by atoms with Crippen LogP contribution >= 0.6 is 23.4 Å². The fourth-order valence-corrected chi connectivity index (χ4v) is 3.29. The van der Waals surface area contributed by atoms with Gasteiger partial charge in [-0.2, -0.15) is 11.8 Å². The molecule has 116 valence electrons. The SMILES string of the molecule is CCNc1ccc(Cl)c(C(=O)NCCN2CCSCC2)n1. The maximum Gasteiger partial charge on any atom is 0.271 e. The average Bonchev–Trinajstić information content (AvgIpc) is 2.50. The van der Waals surface area contributed by atoms with Crippen molar-refractivity contribution in [2.24, 2.45) is 0 Å². The van der Waals surface area contributed by atoms with Crippen molar-refractivity contribution >= 4 is 35.1 Å². The molecule has 1 aliphatic rings. The molecule has 1 saturated heterocycles. The van der Waals surface area contributed by atoms with Crippen molar-refractivity contribution in [3.63, 3.8) is 0 Å². The fraction of sp³-hybridized carbons (Fsp3) is 0.571. The molecule has 1 amide bonds. The van der Waals surface area contributed by atoms with Gasteiger partial charge in [0.25, 0.3) is 5.91 Å². The number of halogens is 1. The molecule has 0 aromatic carbocycles. The minimum atomic E-state index is -0.217. The highest BCUT2D eigenvalue weighted by Crippen LogP contribution is 2.16. The van der Waals surface area contributed by atoms with Crippen LogP contribution in [-0.4, -0.2) is 60.0 Å². The third-order valence-corrected chi connectivity index (χ3v) is 4.48. The number of nitrogens with one attached hydrogen (secondary N) is 2. The lowest BCUT2D eigenvalue weighted by Crippen LogP contribution is -2.39. The van der Waals surface area contributed by atoms with E-state index in [1.54, 1.807) is 12.1 Å². The molecule has 2 N–H and O–H groups in total. The van der Waals surface area contributed by atoms with Crippen LogP contribution in [0.25, 0.3) is 0 Å². The Bertz CT molecular complexity index is 480. The van der Waals surface area contributed by atoms with Crippen LogP contribution < -0.4 is 10.6 Å². The summed E-state index contributed by atoms with van der Waals surface area (Å²) < 4.78 is 0. The number of hydrogen-bond acceptors (Lipinski definition) is 5. The predicted octanol–water partition coefficient (Wildman–Crippen LogP) is 1.95. The summed E-state index contributed by atoms with van der Waals surface area (Å²) in [5.41, 5.74) is 0.282. The highest BCUT2D eigenvalue weighted by Gasteiger charge is 2.14. The highest BCUT2D eigenvalue weighted by molar-refractivity contribution is 7.99. The molecule has 1 aliphatic heterocycles. The van der Waals surface area contributed by atoms with Gasteiger partial charge in [0.15, 0.2) is 0 Å². The molecule has 2 rings (SSSR count). The second-order valence-electron chi connectivity index (χ2n) is 4.77.